The summed E-state index contributed by atoms with van der Waals surface area (Å²) in [5.41, 5.74) is 0.575. The van der Waals surface area contributed by atoms with Crippen LogP contribution in [0, 0.1) is 6.92 Å². The second-order valence-electron chi connectivity index (χ2n) is 8.12. The maximum Gasteiger partial charge on any atom is 0.263 e. The highest BCUT2D eigenvalue weighted by atomic mass is 16.5. The summed E-state index contributed by atoms with van der Waals surface area (Å²) in [6, 6.07) is 3.86. The van der Waals surface area contributed by atoms with E-state index in [4.69, 9.17) is 4.74 Å². The number of carbonyl (C=O) groups is 1. The molecular weight excluding hydrogens is 370 g/mol. The molecule has 2 aromatic heterocycles. The van der Waals surface area contributed by atoms with Crippen LogP contribution < -0.4 is 10.9 Å². The molecule has 0 aromatic carbocycles. The fraction of sp³-hybridized carbons (Fsp3) is 0.571. The topological polar surface area (TPSA) is 81.4 Å². The van der Waals surface area contributed by atoms with Gasteiger partial charge in [0.1, 0.15) is 11.4 Å². The number of ether oxygens (including phenoxy) is 1. The molecule has 2 aromatic rings. The first-order valence-electron chi connectivity index (χ1n) is 10.4. The number of aromatic nitrogens is 3. The number of piperidine rings is 1. The van der Waals surface area contributed by atoms with Gasteiger partial charge in [0.05, 0.1) is 24.9 Å². The number of pyridine rings is 1. The molecule has 4 rings (SSSR count). The summed E-state index contributed by atoms with van der Waals surface area (Å²) in [7, 11) is 2.11. The molecule has 0 saturated carbocycles. The molecule has 29 heavy (non-hydrogen) atoms. The Morgan fingerprint density at radius 3 is 2.79 bits per heavy atom. The Hall–Kier alpha value is -2.45. The molecule has 0 radical (unpaired) electrons. The van der Waals surface area contributed by atoms with Crippen molar-refractivity contribution in [1.82, 2.24) is 19.2 Å². The van der Waals surface area contributed by atoms with Gasteiger partial charge in [-0.15, -0.1) is 0 Å². The summed E-state index contributed by atoms with van der Waals surface area (Å²) in [6.07, 6.45) is 7.41. The van der Waals surface area contributed by atoms with Gasteiger partial charge in [-0.05, 0) is 64.4 Å². The van der Waals surface area contributed by atoms with E-state index in [1.54, 1.807) is 30.0 Å². The van der Waals surface area contributed by atoms with Crippen LogP contribution in [0.3, 0.4) is 0 Å². The molecule has 2 fully saturated rings. The molecule has 0 spiro atoms. The lowest BCUT2D eigenvalue weighted by atomic mass is 10.1. The number of hydrogen-bond acceptors (Lipinski definition) is 5. The average molecular weight is 399 g/mol. The van der Waals surface area contributed by atoms with E-state index >= 15 is 0 Å². The van der Waals surface area contributed by atoms with Gasteiger partial charge in [0, 0.05) is 18.9 Å². The number of nitrogens with zero attached hydrogens (tertiary/aromatic N) is 4. The largest absolute Gasteiger partial charge is 0.376 e. The van der Waals surface area contributed by atoms with E-state index in [-0.39, 0.29) is 29.2 Å². The maximum absolute atomic E-state index is 13.0. The number of nitrogens with one attached hydrogen (secondary N) is 1. The third-order valence-corrected chi connectivity index (χ3v) is 5.97. The molecule has 1 amide bonds. The zero-order chi connectivity index (χ0) is 20.4. The molecule has 156 valence electrons. The number of anilines is 1. The number of rotatable bonds is 5. The lowest BCUT2D eigenvalue weighted by Gasteiger charge is -2.30. The Bertz CT molecular complexity index is 921. The monoisotopic (exact) mass is 399 g/mol. The van der Waals surface area contributed by atoms with Crippen LogP contribution in [-0.2, 0) is 11.3 Å². The first kappa shape index (κ1) is 19.8. The van der Waals surface area contributed by atoms with E-state index in [1.807, 2.05) is 10.7 Å². The smallest absolute Gasteiger partial charge is 0.263 e. The van der Waals surface area contributed by atoms with Crippen molar-refractivity contribution in [2.24, 2.45) is 0 Å². The second kappa shape index (κ2) is 8.51. The highest BCUT2D eigenvalue weighted by molar-refractivity contribution is 6.04. The lowest BCUT2D eigenvalue weighted by molar-refractivity contribution is 0.0952. The van der Waals surface area contributed by atoms with Crippen molar-refractivity contribution in [2.45, 2.75) is 51.3 Å². The third-order valence-electron chi connectivity index (χ3n) is 5.97. The predicted octanol–water partition coefficient (Wildman–Crippen LogP) is 2.05. The van der Waals surface area contributed by atoms with Gasteiger partial charge in [0.2, 0.25) is 0 Å². The van der Waals surface area contributed by atoms with E-state index in [2.05, 4.69) is 22.4 Å². The molecule has 2 saturated heterocycles. The minimum atomic E-state index is -0.385. The summed E-state index contributed by atoms with van der Waals surface area (Å²) < 4.78 is 9.12. The highest BCUT2D eigenvalue weighted by Gasteiger charge is 2.24. The van der Waals surface area contributed by atoms with Crippen LogP contribution in [0.25, 0.3) is 0 Å². The normalized spacial score (nSPS) is 20.8. The van der Waals surface area contributed by atoms with Crippen molar-refractivity contribution in [3.63, 3.8) is 0 Å². The van der Waals surface area contributed by atoms with Gasteiger partial charge in [-0.2, -0.15) is 5.10 Å². The van der Waals surface area contributed by atoms with E-state index in [0.717, 1.165) is 45.4 Å². The molecule has 2 aliphatic heterocycles. The standard InChI is InChI=1S/C21H29N5O3/c1-15-6-12-25(14-17-4-3-13-29-17)21(28)19(15)20(27)23-18-5-9-22-26(18)16-7-10-24(2)11-8-16/h5-6,9,12,16-17H,3-4,7-8,10-11,13-14H2,1-2H3,(H,23,27). The van der Waals surface area contributed by atoms with Gasteiger partial charge < -0.3 is 19.5 Å². The number of carbonyl (C=O) groups excluding carboxylic acids is 1. The Kier molecular flexibility index (Phi) is 5.82. The van der Waals surface area contributed by atoms with Gasteiger partial charge in [-0.3, -0.25) is 9.59 Å². The van der Waals surface area contributed by atoms with Crippen LogP contribution in [0.5, 0.6) is 0 Å². The van der Waals surface area contributed by atoms with Crippen molar-refractivity contribution in [1.29, 1.82) is 0 Å². The van der Waals surface area contributed by atoms with Crippen LogP contribution in [-0.4, -0.2) is 58.0 Å². The molecule has 0 aliphatic carbocycles. The van der Waals surface area contributed by atoms with Crippen LogP contribution in [0.2, 0.25) is 0 Å². The van der Waals surface area contributed by atoms with Crippen molar-refractivity contribution >= 4 is 11.7 Å². The summed E-state index contributed by atoms with van der Waals surface area (Å²) in [5.74, 6) is 0.252. The Balaban J connectivity index is 1.53. The minimum Gasteiger partial charge on any atom is -0.376 e. The van der Waals surface area contributed by atoms with Gasteiger partial charge >= 0.3 is 0 Å². The summed E-state index contributed by atoms with van der Waals surface area (Å²) >= 11 is 0. The fourth-order valence-electron chi connectivity index (χ4n) is 4.22. The number of amides is 1. The molecule has 2 aliphatic rings. The maximum atomic E-state index is 13.0. The van der Waals surface area contributed by atoms with Crippen molar-refractivity contribution in [2.75, 3.05) is 32.1 Å². The van der Waals surface area contributed by atoms with E-state index in [1.165, 1.54) is 0 Å². The van der Waals surface area contributed by atoms with Gasteiger partial charge in [-0.1, -0.05) is 0 Å². The SMILES string of the molecule is Cc1ccn(CC2CCCO2)c(=O)c1C(=O)Nc1ccnn1C1CCN(C)CC1. The third kappa shape index (κ3) is 4.28. The molecular formula is C21H29N5O3. The summed E-state index contributed by atoms with van der Waals surface area (Å²) in [5, 5.41) is 7.35. The van der Waals surface area contributed by atoms with E-state index < -0.39 is 0 Å². The van der Waals surface area contributed by atoms with Gasteiger partial charge in [0.15, 0.2) is 0 Å². The summed E-state index contributed by atoms with van der Waals surface area (Å²) in [6.45, 7) is 5.01. The number of hydrogen-bond donors (Lipinski definition) is 1. The lowest BCUT2D eigenvalue weighted by Crippen LogP contribution is -2.34. The van der Waals surface area contributed by atoms with Gasteiger partial charge in [-0.25, -0.2) is 4.68 Å². The van der Waals surface area contributed by atoms with Crippen LogP contribution in [0.4, 0.5) is 5.82 Å². The predicted molar refractivity (Wildman–Crippen MR) is 110 cm³/mol. The van der Waals surface area contributed by atoms with E-state index in [0.29, 0.717) is 17.9 Å². The molecule has 8 heteroatoms. The Morgan fingerprint density at radius 1 is 1.28 bits per heavy atom. The van der Waals surface area contributed by atoms with Crippen molar-refractivity contribution < 1.29 is 9.53 Å². The second-order valence-corrected chi connectivity index (χ2v) is 8.12. The van der Waals surface area contributed by atoms with Crippen LogP contribution >= 0.6 is 0 Å². The Morgan fingerprint density at radius 2 is 2.07 bits per heavy atom. The molecule has 0 bridgehead atoms. The molecule has 8 nitrogen and oxygen atoms in total. The van der Waals surface area contributed by atoms with Crippen LogP contribution in [0.15, 0.2) is 29.3 Å². The molecule has 1 unspecified atom stereocenters. The zero-order valence-corrected chi connectivity index (χ0v) is 17.1. The highest BCUT2D eigenvalue weighted by Crippen LogP contribution is 2.25. The van der Waals surface area contributed by atoms with Crippen molar-refractivity contribution in [3.05, 3.63) is 46.0 Å². The fourth-order valence-corrected chi connectivity index (χ4v) is 4.22. The summed E-state index contributed by atoms with van der Waals surface area (Å²) in [4.78, 5) is 28.3. The first-order chi connectivity index (χ1) is 14.0. The molecule has 1 N–H and O–H groups in total. The average Bonchev–Trinajstić information content (AvgIpc) is 3.37. The molecule has 4 heterocycles. The first-order valence-corrected chi connectivity index (χ1v) is 10.4. The van der Waals surface area contributed by atoms with Gasteiger partial charge in [0.25, 0.3) is 11.5 Å². The number of likely N-dealkylation sites (tertiary alicyclic amines) is 1. The van der Waals surface area contributed by atoms with Crippen molar-refractivity contribution in [3.8, 4) is 0 Å². The van der Waals surface area contributed by atoms with Crippen LogP contribution in [0.1, 0.15) is 47.6 Å². The van der Waals surface area contributed by atoms with E-state index in [9.17, 15) is 9.59 Å². The quantitative estimate of drug-likeness (QED) is 0.832. The zero-order valence-electron chi connectivity index (χ0n) is 17.1. The molecule has 1 atom stereocenters. The minimum absolute atomic E-state index is 0.0391. The number of aryl methyl sites for hydroxylation is 1. The Labute approximate surface area is 170 Å².